The van der Waals surface area contributed by atoms with Crippen LogP contribution in [0.5, 0.6) is 0 Å². The molecule has 0 aliphatic heterocycles. The van der Waals surface area contributed by atoms with Crippen LogP contribution < -0.4 is 5.32 Å². The fourth-order valence-corrected chi connectivity index (χ4v) is 2.51. The molecule has 1 aliphatic rings. The highest BCUT2D eigenvalue weighted by Gasteiger charge is 2.35. The van der Waals surface area contributed by atoms with Crippen molar-refractivity contribution in [2.24, 2.45) is 5.92 Å². The quantitative estimate of drug-likeness (QED) is 0.777. The van der Waals surface area contributed by atoms with Gasteiger partial charge in [-0.15, -0.1) is 0 Å². The zero-order valence-corrected chi connectivity index (χ0v) is 11.7. The second-order valence-electron chi connectivity index (χ2n) is 6.07. The molecule has 0 aromatic rings. The molecule has 96 valence electrons. The van der Waals surface area contributed by atoms with E-state index in [1.165, 1.54) is 25.7 Å². The van der Waals surface area contributed by atoms with E-state index < -0.39 is 0 Å². The van der Waals surface area contributed by atoms with Gasteiger partial charge in [0, 0.05) is 12.6 Å². The Balaban J connectivity index is 2.54. The predicted octanol–water partition coefficient (Wildman–Crippen LogP) is 3.36. The molecule has 1 fully saturated rings. The average molecular weight is 227 g/mol. The highest BCUT2D eigenvalue weighted by molar-refractivity contribution is 4.89. The molecule has 2 heteroatoms. The van der Waals surface area contributed by atoms with Gasteiger partial charge in [0.2, 0.25) is 0 Å². The Kier molecular flexibility index (Phi) is 5.26. The average Bonchev–Trinajstić information content (AvgIpc) is 2.19. The van der Waals surface area contributed by atoms with Crippen LogP contribution >= 0.6 is 0 Å². The van der Waals surface area contributed by atoms with E-state index in [0.717, 1.165) is 12.5 Å². The highest BCUT2D eigenvalue weighted by Crippen LogP contribution is 2.35. The summed E-state index contributed by atoms with van der Waals surface area (Å²) in [6.07, 6.45) is 5.39. The van der Waals surface area contributed by atoms with Crippen molar-refractivity contribution < 1.29 is 4.74 Å². The Morgan fingerprint density at radius 2 is 1.75 bits per heavy atom. The van der Waals surface area contributed by atoms with Crippen molar-refractivity contribution in [3.8, 4) is 0 Å². The third-order valence-electron chi connectivity index (χ3n) is 3.50. The number of nitrogens with one attached hydrogen (secondary N) is 1. The third-order valence-corrected chi connectivity index (χ3v) is 3.50. The van der Waals surface area contributed by atoms with Crippen molar-refractivity contribution in [3.05, 3.63) is 0 Å². The standard InChI is InChI=1S/C14H29NO/c1-11(2)15-10-14(16-12(3)4)8-6-13(5)7-9-14/h11-13,15H,6-10H2,1-5H3. The smallest absolute Gasteiger partial charge is 0.0810 e. The lowest BCUT2D eigenvalue weighted by molar-refractivity contribution is -0.105. The molecule has 0 saturated heterocycles. The summed E-state index contributed by atoms with van der Waals surface area (Å²) in [7, 11) is 0. The summed E-state index contributed by atoms with van der Waals surface area (Å²) in [6.45, 7) is 12.1. The van der Waals surface area contributed by atoms with Crippen LogP contribution in [0.1, 0.15) is 60.3 Å². The maximum Gasteiger partial charge on any atom is 0.0810 e. The Bertz CT molecular complexity index is 193. The summed E-state index contributed by atoms with van der Waals surface area (Å²) >= 11 is 0. The molecule has 0 bridgehead atoms. The fraction of sp³-hybridized carbons (Fsp3) is 1.00. The lowest BCUT2D eigenvalue weighted by Crippen LogP contribution is -2.48. The summed E-state index contributed by atoms with van der Waals surface area (Å²) in [5.74, 6) is 0.878. The maximum atomic E-state index is 6.22. The molecule has 1 aliphatic carbocycles. The molecule has 0 spiro atoms. The van der Waals surface area contributed by atoms with Crippen molar-refractivity contribution in [1.82, 2.24) is 5.32 Å². The van der Waals surface area contributed by atoms with Crippen LogP contribution in [0.15, 0.2) is 0 Å². The summed E-state index contributed by atoms with van der Waals surface area (Å²) in [4.78, 5) is 0. The van der Waals surface area contributed by atoms with Crippen molar-refractivity contribution in [1.29, 1.82) is 0 Å². The van der Waals surface area contributed by atoms with Crippen LogP contribution in [0.25, 0.3) is 0 Å². The van der Waals surface area contributed by atoms with Crippen LogP contribution in [0.2, 0.25) is 0 Å². The van der Waals surface area contributed by atoms with Gasteiger partial charge in [-0.2, -0.15) is 0 Å². The first-order valence-electron chi connectivity index (χ1n) is 6.85. The second kappa shape index (κ2) is 6.02. The van der Waals surface area contributed by atoms with Gasteiger partial charge in [-0.3, -0.25) is 0 Å². The van der Waals surface area contributed by atoms with E-state index in [0.29, 0.717) is 12.1 Å². The SMILES string of the molecule is CC1CCC(CNC(C)C)(OC(C)C)CC1. The van der Waals surface area contributed by atoms with Gasteiger partial charge in [0.25, 0.3) is 0 Å². The monoisotopic (exact) mass is 227 g/mol. The minimum atomic E-state index is 0.102. The molecule has 0 heterocycles. The van der Waals surface area contributed by atoms with Gasteiger partial charge < -0.3 is 10.1 Å². The number of hydrogen-bond donors (Lipinski definition) is 1. The Hall–Kier alpha value is -0.0800. The fourth-order valence-electron chi connectivity index (χ4n) is 2.51. The first-order chi connectivity index (χ1) is 7.43. The van der Waals surface area contributed by atoms with E-state index in [4.69, 9.17) is 4.74 Å². The van der Waals surface area contributed by atoms with Gasteiger partial charge in [-0.25, -0.2) is 0 Å². The van der Waals surface area contributed by atoms with E-state index in [9.17, 15) is 0 Å². The van der Waals surface area contributed by atoms with Crippen LogP contribution in [-0.4, -0.2) is 24.3 Å². The summed E-state index contributed by atoms with van der Waals surface area (Å²) < 4.78 is 6.22. The Morgan fingerprint density at radius 1 is 1.19 bits per heavy atom. The van der Waals surface area contributed by atoms with E-state index in [1.54, 1.807) is 0 Å². The van der Waals surface area contributed by atoms with Gasteiger partial charge in [-0.05, 0) is 45.4 Å². The molecular weight excluding hydrogens is 198 g/mol. The molecule has 1 saturated carbocycles. The molecule has 0 aromatic carbocycles. The normalized spacial score (nSPS) is 31.3. The lowest BCUT2D eigenvalue weighted by atomic mass is 9.79. The van der Waals surface area contributed by atoms with Crippen LogP contribution in [-0.2, 0) is 4.74 Å². The minimum Gasteiger partial charge on any atom is -0.371 e. The second-order valence-corrected chi connectivity index (χ2v) is 6.07. The van der Waals surface area contributed by atoms with Crippen molar-refractivity contribution in [2.45, 2.75) is 78.0 Å². The Labute approximate surface area is 101 Å². The van der Waals surface area contributed by atoms with Gasteiger partial charge in [-0.1, -0.05) is 20.8 Å². The van der Waals surface area contributed by atoms with Gasteiger partial charge in [0.15, 0.2) is 0 Å². The van der Waals surface area contributed by atoms with Crippen molar-refractivity contribution >= 4 is 0 Å². The maximum absolute atomic E-state index is 6.22. The Morgan fingerprint density at radius 3 is 2.19 bits per heavy atom. The predicted molar refractivity (Wildman–Crippen MR) is 69.7 cm³/mol. The zero-order valence-electron chi connectivity index (χ0n) is 11.7. The number of hydrogen-bond acceptors (Lipinski definition) is 2. The molecule has 1 N–H and O–H groups in total. The summed E-state index contributed by atoms with van der Waals surface area (Å²) in [6, 6.07) is 0.548. The van der Waals surface area contributed by atoms with Crippen molar-refractivity contribution in [3.63, 3.8) is 0 Å². The molecule has 0 unspecified atom stereocenters. The van der Waals surface area contributed by atoms with E-state index in [2.05, 4.69) is 39.9 Å². The molecule has 2 nitrogen and oxygen atoms in total. The molecule has 16 heavy (non-hydrogen) atoms. The molecule has 1 rings (SSSR count). The van der Waals surface area contributed by atoms with Crippen molar-refractivity contribution in [2.75, 3.05) is 6.54 Å². The molecule has 0 aromatic heterocycles. The highest BCUT2D eigenvalue weighted by atomic mass is 16.5. The molecule has 0 atom stereocenters. The first kappa shape index (κ1) is 14.0. The largest absolute Gasteiger partial charge is 0.371 e. The topological polar surface area (TPSA) is 21.3 Å². The van der Waals surface area contributed by atoms with E-state index in [-0.39, 0.29) is 5.60 Å². The van der Waals surface area contributed by atoms with Crippen LogP contribution in [0, 0.1) is 5.92 Å². The molecule has 0 amide bonds. The minimum absolute atomic E-state index is 0.102. The van der Waals surface area contributed by atoms with E-state index >= 15 is 0 Å². The van der Waals surface area contributed by atoms with Crippen LogP contribution in [0.3, 0.4) is 0 Å². The third kappa shape index (κ3) is 4.42. The van der Waals surface area contributed by atoms with Gasteiger partial charge in [0.05, 0.1) is 11.7 Å². The van der Waals surface area contributed by atoms with E-state index in [1.807, 2.05) is 0 Å². The van der Waals surface area contributed by atoms with Crippen LogP contribution in [0.4, 0.5) is 0 Å². The van der Waals surface area contributed by atoms with Gasteiger partial charge in [0.1, 0.15) is 0 Å². The molecule has 0 radical (unpaired) electrons. The number of ether oxygens (including phenoxy) is 1. The van der Waals surface area contributed by atoms with Gasteiger partial charge >= 0.3 is 0 Å². The first-order valence-corrected chi connectivity index (χ1v) is 6.85. The lowest BCUT2D eigenvalue weighted by Gasteiger charge is -2.41. The zero-order chi connectivity index (χ0) is 12.2. The number of rotatable bonds is 5. The summed E-state index contributed by atoms with van der Waals surface area (Å²) in [5.41, 5.74) is 0.102. The summed E-state index contributed by atoms with van der Waals surface area (Å²) in [5, 5.41) is 3.55. The molecular formula is C14H29NO.